The molecule has 1 aliphatic rings. The molecule has 9 heteroatoms. The van der Waals surface area contributed by atoms with Crippen LogP contribution in [0.25, 0.3) is 0 Å². The number of benzene rings is 1. The minimum Gasteiger partial charge on any atom is -0.481 e. The number of carbonyl (C=O) groups is 1. The van der Waals surface area contributed by atoms with Gasteiger partial charge in [0.25, 0.3) is 0 Å². The number of nitro groups is 1. The number of nitro benzene ring substituents is 1. The van der Waals surface area contributed by atoms with Crippen LogP contribution in [-0.4, -0.2) is 39.8 Å². The molecule has 1 aromatic rings. The van der Waals surface area contributed by atoms with Crippen LogP contribution in [0.2, 0.25) is 0 Å². The van der Waals surface area contributed by atoms with Gasteiger partial charge in [-0.2, -0.15) is 4.39 Å². The van der Waals surface area contributed by atoms with Crippen LogP contribution in [-0.2, 0) is 4.79 Å². The van der Waals surface area contributed by atoms with Gasteiger partial charge in [0.15, 0.2) is 5.82 Å². The molecule has 0 saturated carbocycles. The highest BCUT2D eigenvalue weighted by atomic mass is 19.1. The third-order valence-corrected chi connectivity index (χ3v) is 3.73. The van der Waals surface area contributed by atoms with Gasteiger partial charge in [0.1, 0.15) is 0 Å². The first-order valence-corrected chi connectivity index (χ1v) is 6.54. The second-order valence-electron chi connectivity index (χ2n) is 5.29. The van der Waals surface area contributed by atoms with Crippen molar-refractivity contribution >= 4 is 17.3 Å². The number of anilines is 1. The van der Waals surface area contributed by atoms with Crippen LogP contribution in [0.1, 0.15) is 19.3 Å². The molecule has 0 amide bonds. The van der Waals surface area contributed by atoms with E-state index in [0.29, 0.717) is 6.07 Å². The number of piperidine rings is 1. The molecule has 1 aliphatic heterocycles. The molecule has 1 fully saturated rings. The van der Waals surface area contributed by atoms with Crippen molar-refractivity contribution < 1.29 is 28.7 Å². The molecule has 2 N–H and O–H groups in total. The smallest absolute Gasteiger partial charge is 0.307 e. The maximum Gasteiger partial charge on any atom is 0.307 e. The Hall–Kier alpha value is -2.29. The van der Waals surface area contributed by atoms with E-state index in [1.54, 1.807) is 0 Å². The Bertz CT molecular complexity index is 615. The number of nitrogens with zero attached hydrogens (tertiary/aromatic N) is 2. The summed E-state index contributed by atoms with van der Waals surface area (Å²) in [6, 6.07) is 1.26. The highest BCUT2D eigenvalue weighted by Gasteiger charge is 2.35. The van der Waals surface area contributed by atoms with Crippen molar-refractivity contribution in [1.29, 1.82) is 0 Å². The standard InChI is InChI=1S/C13H14F2N2O5/c14-8-6-11(17(21)22)9(15)5-10(8)16-3-1-13(20,2-4-16)7-12(18)19/h5-6,20H,1-4,7H2,(H,18,19). The first kappa shape index (κ1) is 16.1. The second kappa shape index (κ2) is 5.84. The SMILES string of the molecule is O=C(O)CC1(O)CCN(c2cc(F)c([N+](=O)[O-])cc2F)CC1. The molecule has 22 heavy (non-hydrogen) atoms. The van der Waals surface area contributed by atoms with Crippen molar-refractivity contribution in [3.05, 3.63) is 33.9 Å². The monoisotopic (exact) mass is 316 g/mol. The fourth-order valence-electron chi connectivity index (χ4n) is 2.53. The normalized spacial score (nSPS) is 17.3. The molecule has 1 saturated heterocycles. The van der Waals surface area contributed by atoms with Gasteiger partial charge in [0.05, 0.1) is 28.7 Å². The lowest BCUT2D eigenvalue weighted by molar-refractivity contribution is -0.387. The zero-order chi connectivity index (χ0) is 16.5. The molecule has 0 bridgehead atoms. The number of halogens is 2. The number of aliphatic hydroxyl groups is 1. The van der Waals surface area contributed by atoms with Crippen molar-refractivity contribution in [1.82, 2.24) is 0 Å². The van der Waals surface area contributed by atoms with Crippen LogP contribution in [0, 0.1) is 21.7 Å². The molecule has 0 unspecified atom stereocenters. The van der Waals surface area contributed by atoms with Crippen LogP contribution >= 0.6 is 0 Å². The predicted octanol–water partition coefficient (Wildman–Crippen LogP) is 1.68. The summed E-state index contributed by atoms with van der Waals surface area (Å²) in [6.45, 7) is 0.246. The second-order valence-corrected chi connectivity index (χ2v) is 5.29. The number of aliphatic carboxylic acids is 1. The number of hydrogen-bond acceptors (Lipinski definition) is 5. The first-order chi connectivity index (χ1) is 10.2. The molecular formula is C13H14F2N2O5. The van der Waals surface area contributed by atoms with E-state index in [2.05, 4.69) is 0 Å². The van der Waals surface area contributed by atoms with E-state index in [1.807, 2.05) is 0 Å². The topological polar surface area (TPSA) is 104 Å². The van der Waals surface area contributed by atoms with Crippen molar-refractivity contribution in [3.8, 4) is 0 Å². The summed E-state index contributed by atoms with van der Waals surface area (Å²) in [5.74, 6) is -3.21. The minimum atomic E-state index is -1.38. The fourth-order valence-corrected chi connectivity index (χ4v) is 2.53. The number of carboxylic acids is 1. The number of hydrogen-bond donors (Lipinski definition) is 2. The van der Waals surface area contributed by atoms with E-state index in [1.165, 1.54) is 4.90 Å². The molecular weight excluding hydrogens is 302 g/mol. The van der Waals surface area contributed by atoms with Gasteiger partial charge < -0.3 is 15.1 Å². The van der Waals surface area contributed by atoms with Crippen molar-refractivity contribution in [2.45, 2.75) is 24.9 Å². The highest BCUT2D eigenvalue weighted by molar-refractivity contribution is 5.68. The van der Waals surface area contributed by atoms with Crippen LogP contribution < -0.4 is 4.90 Å². The zero-order valence-electron chi connectivity index (χ0n) is 11.5. The van der Waals surface area contributed by atoms with Gasteiger partial charge in [-0.25, -0.2) is 4.39 Å². The third-order valence-electron chi connectivity index (χ3n) is 3.73. The van der Waals surface area contributed by atoms with Crippen LogP contribution in [0.15, 0.2) is 12.1 Å². The molecule has 0 radical (unpaired) electrons. The summed E-state index contributed by atoms with van der Waals surface area (Å²) in [5, 5.41) is 29.4. The number of rotatable bonds is 4. The minimum absolute atomic E-state index is 0.0807. The molecule has 1 heterocycles. The van der Waals surface area contributed by atoms with Crippen LogP contribution in [0.3, 0.4) is 0 Å². The molecule has 7 nitrogen and oxygen atoms in total. The largest absolute Gasteiger partial charge is 0.481 e. The Morgan fingerprint density at radius 2 is 1.91 bits per heavy atom. The van der Waals surface area contributed by atoms with E-state index in [0.717, 1.165) is 6.07 Å². The van der Waals surface area contributed by atoms with Crippen molar-refractivity contribution in [3.63, 3.8) is 0 Å². The maximum absolute atomic E-state index is 13.9. The molecule has 1 aromatic carbocycles. The van der Waals surface area contributed by atoms with Gasteiger partial charge in [-0.15, -0.1) is 0 Å². The summed E-state index contributed by atoms with van der Waals surface area (Å²) in [4.78, 5) is 21.6. The van der Waals surface area contributed by atoms with Crippen LogP contribution in [0.5, 0.6) is 0 Å². The highest BCUT2D eigenvalue weighted by Crippen LogP contribution is 2.32. The maximum atomic E-state index is 13.9. The summed E-state index contributed by atoms with van der Waals surface area (Å²) in [7, 11) is 0. The molecule has 120 valence electrons. The van der Waals surface area contributed by atoms with E-state index >= 15 is 0 Å². The van der Waals surface area contributed by atoms with E-state index < -0.39 is 40.2 Å². The Morgan fingerprint density at radius 3 is 2.41 bits per heavy atom. The van der Waals surface area contributed by atoms with Gasteiger partial charge in [0.2, 0.25) is 5.82 Å². The lowest BCUT2D eigenvalue weighted by atomic mass is 9.88. The lowest BCUT2D eigenvalue weighted by Crippen LogP contribution is -2.45. The van der Waals surface area contributed by atoms with Gasteiger partial charge in [-0.05, 0) is 12.8 Å². The third kappa shape index (κ3) is 3.30. The Morgan fingerprint density at radius 1 is 1.32 bits per heavy atom. The molecule has 0 aromatic heterocycles. The van der Waals surface area contributed by atoms with Crippen LogP contribution in [0.4, 0.5) is 20.2 Å². The molecule has 0 atom stereocenters. The summed E-state index contributed by atoms with van der Waals surface area (Å²) >= 11 is 0. The number of carboxylic acid groups (broad SMARTS) is 1. The first-order valence-electron chi connectivity index (χ1n) is 6.54. The lowest BCUT2D eigenvalue weighted by Gasteiger charge is -2.38. The molecule has 0 spiro atoms. The van der Waals surface area contributed by atoms with E-state index in [-0.39, 0.29) is 31.6 Å². The van der Waals surface area contributed by atoms with E-state index in [4.69, 9.17) is 5.11 Å². The van der Waals surface area contributed by atoms with Gasteiger partial charge in [-0.3, -0.25) is 14.9 Å². The fraction of sp³-hybridized carbons (Fsp3) is 0.462. The quantitative estimate of drug-likeness (QED) is 0.647. The van der Waals surface area contributed by atoms with Crippen molar-refractivity contribution in [2.75, 3.05) is 18.0 Å². The Kier molecular flexibility index (Phi) is 4.27. The van der Waals surface area contributed by atoms with Crippen molar-refractivity contribution in [2.24, 2.45) is 0 Å². The molecule has 0 aliphatic carbocycles. The predicted molar refractivity (Wildman–Crippen MR) is 71.7 cm³/mol. The summed E-state index contributed by atoms with van der Waals surface area (Å²) in [6.07, 6.45) is -0.257. The summed E-state index contributed by atoms with van der Waals surface area (Å²) < 4.78 is 27.5. The Balaban J connectivity index is 2.16. The van der Waals surface area contributed by atoms with E-state index in [9.17, 15) is 28.8 Å². The zero-order valence-corrected chi connectivity index (χ0v) is 11.5. The summed E-state index contributed by atoms with van der Waals surface area (Å²) in [5.41, 5.74) is -2.46. The Labute approximate surface area is 123 Å². The molecule has 2 rings (SSSR count). The average Bonchev–Trinajstić information content (AvgIpc) is 2.40. The van der Waals surface area contributed by atoms with Gasteiger partial charge in [-0.1, -0.05) is 0 Å². The van der Waals surface area contributed by atoms with Gasteiger partial charge >= 0.3 is 11.7 Å². The van der Waals surface area contributed by atoms with Gasteiger partial charge in [0, 0.05) is 19.2 Å². The average molecular weight is 316 g/mol.